The van der Waals surface area contributed by atoms with Gasteiger partial charge in [0.1, 0.15) is 0 Å². The number of rotatable bonds is 3. The minimum absolute atomic E-state index is 0.645. The van der Waals surface area contributed by atoms with Gasteiger partial charge in [0.2, 0.25) is 0 Å². The highest BCUT2D eigenvalue weighted by atomic mass is 16.3. The third-order valence-electron chi connectivity index (χ3n) is 3.15. The number of hydrogen-bond donors (Lipinski definition) is 1. The van der Waals surface area contributed by atoms with Crippen LogP contribution in [-0.2, 0) is 12.8 Å². The van der Waals surface area contributed by atoms with Crippen molar-refractivity contribution in [1.29, 1.82) is 0 Å². The van der Waals surface area contributed by atoms with E-state index in [0.29, 0.717) is 6.54 Å². The van der Waals surface area contributed by atoms with E-state index in [-0.39, 0.29) is 0 Å². The van der Waals surface area contributed by atoms with Crippen LogP contribution in [0.4, 0.5) is 5.69 Å². The van der Waals surface area contributed by atoms with Gasteiger partial charge in [0.25, 0.3) is 0 Å². The summed E-state index contributed by atoms with van der Waals surface area (Å²) in [4.78, 5) is 2.12. The SMILES string of the molecule is CN(CC(C)(C)O)c1ccc2c(c1)CCC2. The van der Waals surface area contributed by atoms with Crippen LogP contribution in [-0.4, -0.2) is 24.3 Å². The molecule has 0 amide bonds. The van der Waals surface area contributed by atoms with Gasteiger partial charge in [-0.05, 0) is 56.4 Å². The van der Waals surface area contributed by atoms with E-state index in [1.165, 1.54) is 36.1 Å². The van der Waals surface area contributed by atoms with Gasteiger partial charge in [0.05, 0.1) is 5.60 Å². The lowest BCUT2D eigenvalue weighted by Gasteiger charge is -2.27. The monoisotopic (exact) mass is 219 g/mol. The van der Waals surface area contributed by atoms with Crippen molar-refractivity contribution in [3.05, 3.63) is 29.3 Å². The zero-order valence-electron chi connectivity index (χ0n) is 10.5. The molecular formula is C14H21NO. The number of nitrogens with zero attached hydrogens (tertiary/aromatic N) is 1. The lowest BCUT2D eigenvalue weighted by atomic mass is 10.1. The fourth-order valence-electron chi connectivity index (χ4n) is 2.47. The van der Waals surface area contributed by atoms with Crippen molar-refractivity contribution in [2.24, 2.45) is 0 Å². The van der Waals surface area contributed by atoms with Crippen LogP contribution in [0.1, 0.15) is 31.4 Å². The Hall–Kier alpha value is -1.02. The van der Waals surface area contributed by atoms with Gasteiger partial charge in [0, 0.05) is 19.3 Å². The summed E-state index contributed by atoms with van der Waals surface area (Å²) in [6, 6.07) is 6.67. The van der Waals surface area contributed by atoms with Crippen molar-refractivity contribution < 1.29 is 5.11 Å². The first-order chi connectivity index (χ1) is 7.46. The molecule has 0 heterocycles. The minimum Gasteiger partial charge on any atom is -0.389 e. The van der Waals surface area contributed by atoms with Crippen LogP contribution in [0.5, 0.6) is 0 Å². The number of benzene rings is 1. The molecule has 2 heteroatoms. The summed E-state index contributed by atoms with van der Waals surface area (Å²) >= 11 is 0. The molecule has 0 aliphatic heterocycles. The lowest BCUT2D eigenvalue weighted by molar-refractivity contribution is 0.0886. The molecular weight excluding hydrogens is 198 g/mol. The maximum absolute atomic E-state index is 9.80. The third-order valence-corrected chi connectivity index (χ3v) is 3.15. The average Bonchev–Trinajstić information content (AvgIpc) is 2.61. The molecule has 1 aliphatic carbocycles. The third kappa shape index (κ3) is 2.56. The normalized spacial score (nSPS) is 15.0. The van der Waals surface area contributed by atoms with Crippen LogP contribution in [0.15, 0.2) is 18.2 Å². The van der Waals surface area contributed by atoms with E-state index >= 15 is 0 Å². The quantitative estimate of drug-likeness (QED) is 0.843. The average molecular weight is 219 g/mol. The first-order valence-electron chi connectivity index (χ1n) is 6.01. The largest absolute Gasteiger partial charge is 0.389 e. The van der Waals surface area contributed by atoms with Crippen LogP contribution in [0.2, 0.25) is 0 Å². The van der Waals surface area contributed by atoms with Crippen LogP contribution < -0.4 is 4.90 Å². The predicted molar refractivity (Wildman–Crippen MR) is 68.0 cm³/mol. The molecule has 0 aromatic heterocycles. The summed E-state index contributed by atoms with van der Waals surface area (Å²) in [6.07, 6.45) is 3.72. The lowest BCUT2D eigenvalue weighted by Crippen LogP contribution is -2.36. The highest BCUT2D eigenvalue weighted by molar-refractivity contribution is 5.52. The molecule has 2 nitrogen and oxygen atoms in total. The molecule has 1 aromatic rings. The van der Waals surface area contributed by atoms with E-state index in [1.54, 1.807) is 0 Å². The van der Waals surface area contributed by atoms with Crippen LogP contribution in [0, 0.1) is 0 Å². The number of likely N-dealkylation sites (N-methyl/N-ethyl adjacent to an activating group) is 1. The van der Waals surface area contributed by atoms with E-state index in [2.05, 4.69) is 23.1 Å². The first-order valence-corrected chi connectivity index (χ1v) is 6.01. The number of hydrogen-bond acceptors (Lipinski definition) is 2. The Labute approximate surface area is 97.9 Å². The van der Waals surface area contributed by atoms with Gasteiger partial charge < -0.3 is 10.0 Å². The summed E-state index contributed by atoms with van der Waals surface area (Å²) in [7, 11) is 2.04. The fourth-order valence-corrected chi connectivity index (χ4v) is 2.47. The molecule has 0 saturated carbocycles. The molecule has 2 rings (SSSR count). The molecule has 1 aromatic carbocycles. The molecule has 0 radical (unpaired) electrons. The highest BCUT2D eigenvalue weighted by Gasteiger charge is 2.17. The second-order valence-electron chi connectivity index (χ2n) is 5.48. The second kappa shape index (κ2) is 4.10. The second-order valence-corrected chi connectivity index (χ2v) is 5.48. The van der Waals surface area contributed by atoms with Gasteiger partial charge >= 0.3 is 0 Å². The summed E-state index contributed by atoms with van der Waals surface area (Å²) in [5.74, 6) is 0. The Morgan fingerprint density at radius 3 is 2.62 bits per heavy atom. The van der Waals surface area contributed by atoms with Gasteiger partial charge in [-0.1, -0.05) is 6.07 Å². The van der Waals surface area contributed by atoms with Crippen LogP contribution in [0.3, 0.4) is 0 Å². The summed E-state index contributed by atoms with van der Waals surface area (Å²) < 4.78 is 0. The van der Waals surface area contributed by atoms with Crippen LogP contribution >= 0.6 is 0 Å². The van der Waals surface area contributed by atoms with Crippen molar-refractivity contribution in [2.45, 2.75) is 38.7 Å². The van der Waals surface area contributed by atoms with Crippen molar-refractivity contribution in [3.8, 4) is 0 Å². The molecule has 0 atom stereocenters. The summed E-state index contributed by atoms with van der Waals surface area (Å²) in [6.45, 7) is 4.35. The molecule has 0 spiro atoms. The molecule has 0 saturated heterocycles. The number of fused-ring (bicyclic) bond motifs is 1. The molecule has 1 N–H and O–H groups in total. The summed E-state index contributed by atoms with van der Waals surface area (Å²) in [5, 5.41) is 9.80. The Bertz CT molecular complexity index is 379. The topological polar surface area (TPSA) is 23.5 Å². The van der Waals surface area contributed by atoms with E-state index < -0.39 is 5.60 Å². The number of aryl methyl sites for hydroxylation is 2. The Balaban J connectivity index is 2.15. The number of anilines is 1. The maximum atomic E-state index is 9.80. The van der Waals surface area contributed by atoms with Gasteiger partial charge in [-0.2, -0.15) is 0 Å². The summed E-state index contributed by atoms with van der Waals surface area (Å²) in [5.41, 5.74) is 3.55. The Kier molecular flexibility index (Phi) is 2.94. The highest BCUT2D eigenvalue weighted by Crippen LogP contribution is 2.26. The zero-order chi connectivity index (χ0) is 11.8. The van der Waals surface area contributed by atoms with Gasteiger partial charge in [-0.15, -0.1) is 0 Å². The van der Waals surface area contributed by atoms with Gasteiger partial charge in [0.15, 0.2) is 0 Å². The van der Waals surface area contributed by atoms with E-state index in [1.807, 2.05) is 20.9 Å². The van der Waals surface area contributed by atoms with Gasteiger partial charge in [-0.25, -0.2) is 0 Å². The molecule has 0 fully saturated rings. The van der Waals surface area contributed by atoms with Crippen molar-refractivity contribution in [2.75, 3.05) is 18.5 Å². The first kappa shape index (κ1) is 11.5. The van der Waals surface area contributed by atoms with E-state index in [4.69, 9.17) is 0 Å². The Morgan fingerprint density at radius 1 is 1.25 bits per heavy atom. The van der Waals surface area contributed by atoms with Crippen molar-refractivity contribution in [1.82, 2.24) is 0 Å². The standard InChI is InChI=1S/C14H21NO/c1-14(2,16)10-15(3)13-8-7-11-5-4-6-12(11)9-13/h7-9,16H,4-6,10H2,1-3H3. The molecule has 0 unspecified atom stereocenters. The maximum Gasteiger partial charge on any atom is 0.0765 e. The Morgan fingerprint density at radius 2 is 1.94 bits per heavy atom. The molecule has 16 heavy (non-hydrogen) atoms. The molecule has 0 bridgehead atoms. The van der Waals surface area contributed by atoms with E-state index in [9.17, 15) is 5.11 Å². The molecule has 1 aliphatic rings. The number of aliphatic hydroxyl groups is 1. The van der Waals surface area contributed by atoms with Crippen molar-refractivity contribution in [3.63, 3.8) is 0 Å². The molecule has 88 valence electrons. The fraction of sp³-hybridized carbons (Fsp3) is 0.571. The smallest absolute Gasteiger partial charge is 0.0765 e. The van der Waals surface area contributed by atoms with Crippen LogP contribution in [0.25, 0.3) is 0 Å². The predicted octanol–water partition coefficient (Wildman–Crippen LogP) is 2.38. The minimum atomic E-state index is -0.645. The van der Waals surface area contributed by atoms with Gasteiger partial charge in [-0.3, -0.25) is 0 Å². The van der Waals surface area contributed by atoms with Crippen molar-refractivity contribution >= 4 is 5.69 Å². The van der Waals surface area contributed by atoms with E-state index in [0.717, 1.165) is 0 Å². The zero-order valence-corrected chi connectivity index (χ0v) is 10.5.